The van der Waals surface area contributed by atoms with E-state index < -0.39 is 0 Å². The Morgan fingerprint density at radius 2 is 0.769 bits per heavy atom. The summed E-state index contributed by atoms with van der Waals surface area (Å²) in [6.07, 6.45) is 3.03. The third-order valence-corrected chi connectivity index (χ3v) is 8.23. The van der Waals surface area contributed by atoms with E-state index in [2.05, 4.69) is 121 Å². The van der Waals surface area contributed by atoms with Crippen LogP contribution in [0, 0.1) is 0 Å². The van der Waals surface area contributed by atoms with Crippen molar-refractivity contribution in [3.63, 3.8) is 0 Å². The molecule has 0 aliphatic rings. The number of rotatable bonds is 4. The quantitative estimate of drug-likeness (QED) is 0.178. The Bertz CT molecular complexity index is 2050. The zero-order valence-electron chi connectivity index (χ0n) is 21.6. The summed E-state index contributed by atoms with van der Waals surface area (Å²) in [6, 6.07) is 43.4. The van der Waals surface area contributed by atoms with Gasteiger partial charge in [-0.25, -0.2) is 9.97 Å². The third-order valence-electron chi connectivity index (χ3n) is 8.23. The lowest BCUT2D eigenvalue weighted by molar-refractivity contribution is 0.837. The molecule has 0 radical (unpaired) electrons. The number of benzene rings is 6. The summed E-state index contributed by atoms with van der Waals surface area (Å²) in [5.74, 6) is 0. The fourth-order valence-corrected chi connectivity index (χ4v) is 6.40. The van der Waals surface area contributed by atoms with E-state index in [1.165, 1.54) is 54.2 Å². The molecular formula is C37H26N2. The van der Waals surface area contributed by atoms with Crippen LogP contribution in [0.4, 0.5) is 0 Å². The van der Waals surface area contributed by atoms with Gasteiger partial charge in [-0.1, -0.05) is 109 Å². The molecule has 39 heavy (non-hydrogen) atoms. The number of fused-ring (bicyclic) bond motifs is 8. The Balaban J connectivity index is 1.27. The fraction of sp³-hybridized carbons (Fsp3) is 0.0811. The van der Waals surface area contributed by atoms with Crippen molar-refractivity contribution in [2.45, 2.75) is 19.3 Å². The molecule has 2 heterocycles. The lowest BCUT2D eigenvalue weighted by Gasteiger charge is -2.15. The molecule has 0 spiro atoms. The monoisotopic (exact) mass is 498 g/mol. The van der Waals surface area contributed by atoms with Crippen LogP contribution in [0.5, 0.6) is 0 Å². The van der Waals surface area contributed by atoms with Crippen LogP contribution in [0.1, 0.15) is 17.5 Å². The predicted octanol–water partition coefficient (Wildman–Crippen LogP) is 9.57. The standard InChI is InChI=1S/C37H26N2/c1-3-12-26-24(10-1)20-22-32-28(30-14-5-7-18-34(30)38-36(26)32)16-9-17-29-31-15-6-8-19-35(31)39-37-27-13-4-2-11-25(27)21-23-33(29)37/h1-8,10-15,18-23H,9,16-17H2. The first-order chi connectivity index (χ1) is 19.3. The number of aryl methyl sites for hydroxylation is 2. The predicted molar refractivity (Wildman–Crippen MR) is 166 cm³/mol. The Morgan fingerprint density at radius 1 is 0.359 bits per heavy atom. The summed E-state index contributed by atoms with van der Waals surface area (Å²) >= 11 is 0. The van der Waals surface area contributed by atoms with E-state index in [1.54, 1.807) is 0 Å². The van der Waals surface area contributed by atoms with Gasteiger partial charge in [0.1, 0.15) is 0 Å². The smallest absolute Gasteiger partial charge is 0.0790 e. The number of para-hydroxylation sites is 2. The van der Waals surface area contributed by atoms with Gasteiger partial charge in [-0.05, 0) is 53.3 Å². The summed E-state index contributed by atoms with van der Waals surface area (Å²) in [4.78, 5) is 10.3. The molecule has 0 saturated heterocycles. The molecule has 0 aliphatic heterocycles. The average molecular weight is 499 g/mol. The van der Waals surface area contributed by atoms with Crippen molar-refractivity contribution in [2.75, 3.05) is 0 Å². The molecule has 0 aliphatic carbocycles. The molecule has 0 amide bonds. The Kier molecular flexibility index (Phi) is 5.06. The van der Waals surface area contributed by atoms with Gasteiger partial charge in [-0.3, -0.25) is 0 Å². The second-order valence-corrected chi connectivity index (χ2v) is 10.4. The van der Waals surface area contributed by atoms with Gasteiger partial charge in [-0.15, -0.1) is 0 Å². The molecule has 0 N–H and O–H groups in total. The molecule has 0 atom stereocenters. The van der Waals surface area contributed by atoms with Crippen LogP contribution >= 0.6 is 0 Å². The van der Waals surface area contributed by atoms with E-state index in [4.69, 9.17) is 9.97 Å². The van der Waals surface area contributed by atoms with Gasteiger partial charge in [0.05, 0.1) is 22.1 Å². The lowest BCUT2D eigenvalue weighted by atomic mass is 9.92. The number of nitrogens with zero attached hydrogens (tertiary/aromatic N) is 2. The molecule has 0 saturated carbocycles. The van der Waals surface area contributed by atoms with Crippen molar-refractivity contribution < 1.29 is 0 Å². The van der Waals surface area contributed by atoms with Crippen LogP contribution in [0.15, 0.2) is 121 Å². The van der Waals surface area contributed by atoms with Gasteiger partial charge in [0.15, 0.2) is 0 Å². The van der Waals surface area contributed by atoms with Crippen LogP contribution in [0.25, 0.3) is 65.2 Å². The molecule has 2 heteroatoms. The SMILES string of the molecule is c1ccc2c(c1)ccc1c(CCCc3c4ccccc4nc4c3ccc3ccccc34)c3ccccc3nc12. The van der Waals surface area contributed by atoms with E-state index in [0.717, 1.165) is 41.3 Å². The average Bonchev–Trinajstić information content (AvgIpc) is 3.00. The zero-order valence-corrected chi connectivity index (χ0v) is 21.6. The third kappa shape index (κ3) is 3.56. The molecule has 0 unspecified atom stereocenters. The van der Waals surface area contributed by atoms with Crippen LogP contribution in [-0.4, -0.2) is 9.97 Å². The van der Waals surface area contributed by atoms with E-state index >= 15 is 0 Å². The molecule has 2 aromatic heterocycles. The van der Waals surface area contributed by atoms with Gasteiger partial charge in [0, 0.05) is 32.3 Å². The Hall–Kier alpha value is -4.82. The number of hydrogen-bond acceptors (Lipinski definition) is 2. The van der Waals surface area contributed by atoms with Gasteiger partial charge < -0.3 is 0 Å². The van der Waals surface area contributed by atoms with Gasteiger partial charge in [0.25, 0.3) is 0 Å². The summed E-state index contributed by atoms with van der Waals surface area (Å²) in [7, 11) is 0. The summed E-state index contributed by atoms with van der Waals surface area (Å²) in [5.41, 5.74) is 7.15. The number of aromatic nitrogens is 2. The van der Waals surface area contributed by atoms with Crippen molar-refractivity contribution in [3.05, 3.63) is 132 Å². The van der Waals surface area contributed by atoms with Crippen LogP contribution in [-0.2, 0) is 12.8 Å². The lowest BCUT2D eigenvalue weighted by Crippen LogP contribution is -1.98. The van der Waals surface area contributed by atoms with Crippen LogP contribution in [0.3, 0.4) is 0 Å². The maximum atomic E-state index is 5.14. The normalized spacial score (nSPS) is 11.9. The first-order valence-corrected chi connectivity index (χ1v) is 13.7. The fourth-order valence-electron chi connectivity index (χ4n) is 6.40. The molecule has 6 aromatic carbocycles. The Labute approximate surface area is 226 Å². The van der Waals surface area contributed by atoms with Crippen molar-refractivity contribution in [1.29, 1.82) is 0 Å². The van der Waals surface area contributed by atoms with Crippen molar-refractivity contribution in [2.24, 2.45) is 0 Å². The zero-order chi connectivity index (χ0) is 25.8. The van der Waals surface area contributed by atoms with E-state index in [9.17, 15) is 0 Å². The van der Waals surface area contributed by atoms with E-state index in [-0.39, 0.29) is 0 Å². The minimum Gasteiger partial charge on any atom is -0.247 e. The molecule has 0 bridgehead atoms. The molecule has 2 nitrogen and oxygen atoms in total. The minimum absolute atomic E-state index is 0.990. The van der Waals surface area contributed by atoms with Gasteiger partial charge in [-0.2, -0.15) is 0 Å². The van der Waals surface area contributed by atoms with Crippen molar-refractivity contribution in [1.82, 2.24) is 9.97 Å². The molecule has 184 valence electrons. The second kappa shape index (κ2) is 8.89. The van der Waals surface area contributed by atoms with Gasteiger partial charge >= 0.3 is 0 Å². The minimum atomic E-state index is 0.990. The van der Waals surface area contributed by atoms with Crippen molar-refractivity contribution in [3.8, 4) is 0 Å². The molecule has 8 aromatic rings. The van der Waals surface area contributed by atoms with E-state index in [0.29, 0.717) is 0 Å². The second-order valence-electron chi connectivity index (χ2n) is 10.4. The highest BCUT2D eigenvalue weighted by Crippen LogP contribution is 2.34. The van der Waals surface area contributed by atoms with Crippen LogP contribution in [0.2, 0.25) is 0 Å². The van der Waals surface area contributed by atoms with Crippen molar-refractivity contribution >= 4 is 65.2 Å². The molecule has 0 fully saturated rings. The topological polar surface area (TPSA) is 25.8 Å². The maximum absolute atomic E-state index is 5.14. The largest absolute Gasteiger partial charge is 0.247 e. The first-order valence-electron chi connectivity index (χ1n) is 13.7. The highest BCUT2D eigenvalue weighted by molar-refractivity contribution is 6.11. The molecule has 8 rings (SSSR count). The van der Waals surface area contributed by atoms with Crippen LogP contribution < -0.4 is 0 Å². The van der Waals surface area contributed by atoms with Gasteiger partial charge in [0.2, 0.25) is 0 Å². The Morgan fingerprint density at radius 3 is 1.26 bits per heavy atom. The molecular weight excluding hydrogens is 472 g/mol. The summed E-state index contributed by atoms with van der Waals surface area (Å²) in [5, 5.41) is 9.97. The number of hydrogen-bond donors (Lipinski definition) is 0. The maximum Gasteiger partial charge on any atom is 0.0790 e. The highest BCUT2D eigenvalue weighted by atomic mass is 14.7. The van der Waals surface area contributed by atoms with E-state index in [1.807, 2.05) is 0 Å². The summed E-state index contributed by atoms with van der Waals surface area (Å²) < 4.78 is 0. The first kappa shape index (κ1) is 22.2. The number of pyridine rings is 2. The summed E-state index contributed by atoms with van der Waals surface area (Å²) in [6.45, 7) is 0. The highest BCUT2D eigenvalue weighted by Gasteiger charge is 2.14.